The lowest BCUT2D eigenvalue weighted by molar-refractivity contribution is -0.208. The van der Waals surface area contributed by atoms with Crippen LogP contribution in [0.2, 0.25) is 5.02 Å². The second-order valence-corrected chi connectivity index (χ2v) is 8.11. The standard InChI is InChI=1S/C21H22ClNO7/c22-12-4-1-3-11(9-12)16(24)10-23-15-6-2-5-14-13(15)7-8-17-18(14)30-21(29-17,19(25)26)20(27)28/h1,3-4,8-9,13,15-16,23-24H,2,5-7,10H2,(H,25,26)(H,27,28)/t13?,15?,16-/m1/s1. The van der Waals surface area contributed by atoms with Gasteiger partial charge in [-0.05, 0) is 55.0 Å². The van der Waals surface area contributed by atoms with E-state index in [1.807, 2.05) is 6.07 Å². The van der Waals surface area contributed by atoms with Gasteiger partial charge in [-0.15, -0.1) is 0 Å². The van der Waals surface area contributed by atoms with Crippen molar-refractivity contribution in [2.24, 2.45) is 5.92 Å². The van der Waals surface area contributed by atoms with E-state index < -0.39 is 23.8 Å². The quantitative estimate of drug-likeness (QED) is 0.502. The van der Waals surface area contributed by atoms with Crippen LogP contribution in [0.5, 0.6) is 0 Å². The van der Waals surface area contributed by atoms with Gasteiger partial charge in [0.1, 0.15) is 0 Å². The number of aliphatic hydroxyl groups excluding tert-OH is 1. The maximum Gasteiger partial charge on any atom is 0.453 e. The van der Waals surface area contributed by atoms with Gasteiger partial charge < -0.3 is 30.1 Å². The molecule has 30 heavy (non-hydrogen) atoms. The number of carboxylic acid groups (broad SMARTS) is 2. The van der Waals surface area contributed by atoms with Crippen molar-refractivity contribution in [3.63, 3.8) is 0 Å². The Bertz CT molecular complexity index is 927. The number of benzene rings is 1. The zero-order chi connectivity index (χ0) is 21.5. The fourth-order valence-corrected chi connectivity index (χ4v) is 4.54. The summed E-state index contributed by atoms with van der Waals surface area (Å²) >= 11 is 5.99. The van der Waals surface area contributed by atoms with E-state index in [2.05, 4.69) is 5.32 Å². The van der Waals surface area contributed by atoms with Gasteiger partial charge in [0, 0.05) is 23.5 Å². The molecule has 160 valence electrons. The molecule has 3 atom stereocenters. The van der Waals surface area contributed by atoms with E-state index in [1.54, 1.807) is 24.3 Å². The zero-order valence-electron chi connectivity index (χ0n) is 16.0. The van der Waals surface area contributed by atoms with Crippen LogP contribution in [0.15, 0.2) is 47.4 Å². The van der Waals surface area contributed by atoms with Crippen molar-refractivity contribution in [2.45, 2.75) is 43.6 Å². The molecule has 4 rings (SSSR count). The Morgan fingerprint density at radius 2 is 2.03 bits per heavy atom. The van der Waals surface area contributed by atoms with Gasteiger partial charge in [-0.2, -0.15) is 0 Å². The molecule has 3 aliphatic rings. The van der Waals surface area contributed by atoms with Crippen molar-refractivity contribution in [2.75, 3.05) is 6.54 Å². The van der Waals surface area contributed by atoms with E-state index in [1.165, 1.54) is 0 Å². The minimum Gasteiger partial charge on any atom is -0.475 e. The van der Waals surface area contributed by atoms with Gasteiger partial charge in [0.15, 0.2) is 11.5 Å². The molecule has 0 aromatic heterocycles. The molecule has 1 saturated heterocycles. The van der Waals surface area contributed by atoms with Crippen LogP contribution < -0.4 is 5.32 Å². The van der Waals surface area contributed by atoms with Gasteiger partial charge >= 0.3 is 17.7 Å². The molecule has 2 fully saturated rings. The summed E-state index contributed by atoms with van der Waals surface area (Å²) < 4.78 is 10.6. The first-order chi connectivity index (χ1) is 14.3. The summed E-state index contributed by atoms with van der Waals surface area (Å²) in [5, 5.41) is 33.2. The second kappa shape index (κ2) is 7.94. The third kappa shape index (κ3) is 3.55. The lowest BCUT2D eigenvalue weighted by atomic mass is 9.75. The number of halogens is 1. The number of carbonyl (C=O) groups is 2. The molecular weight excluding hydrogens is 414 g/mol. The Morgan fingerprint density at radius 1 is 1.27 bits per heavy atom. The van der Waals surface area contributed by atoms with Crippen LogP contribution in [0.3, 0.4) is 0 Å². The van der Waals surface area contributed by atoms with E-state index in [9.17, 15) is 24.9 Å². The monoisotopic (exact) mass is 435 g/mol. The number of hydrogen-bond acceptors (Lipinski definition) is 6. The van der Waals surface area contributed by atoms with Crippen LogP contribution in [0.4, 0.5) is 0 Å². The summed E-state index contributed by atoms with van der Waals surface area (Å²) in [5.41, 5.74) is 1.58. The number of carboxylic acids is 2. The Labute approximate surface area is 177 Å². The number of fused-ring (bicyclic) bond motifs is 2. The minimum absolute atomic E-state index is 0.00560. The third-order valence-corrected chi connectivity index (χ3v) is 6.07. The van der Waals surface area contributed by atoms with Crippen LogP contribution in [-0.2, 0) is 19.1 Å². The van der Waals surface area contributed by atoms with Crippen LogP contribution in [0.25, 0.3) is 0 Å². The highest BCUT2D eigenvalue weighted by molar-refractivity contribution is 6.30. The second-order valence-electron chi connectivity index (χ2n) is 7.67. The molecule has 1 aliphatic heterocycles. The van der Waals surface area contributed by atoms with Gasteiger partial charge in [0.25, 0.3) is 0 Å². The van der Waals surface area contributed by atoms with E-state index >= 15 is 0 Å². The van der Waals surface area contributed by atoms with Gasteiger partial charge in [-0.25, -0.2) is 9.59 Å². The Balaban J connectivity index is 1.51. The smallest absolute Gasteiger partial charge is 0.453 e. The van der Waals surface area contributed by atoms with Crippen molar-refractivity contribution < 1.29 is 34.4 Å². The summed E-state index contributed by atoms with van der Waals surface area (Å²) in [6.45, 7) is 0.326. The molecule has 0 spiro atoms. The molecule has 2 aliphatic carbocycles. The molecule has 1 heterocycles. The van der Waals surface area contributed by atoms with Crippen molar-refractivity contribution in [1.29, 1.82) is 0 Å². The number of rotatable bonds is 6. The number of aliphatic hydroxyl groups is 1. The van der Waals surface area contributed by atoms with E-state index in [4.69, 9.17) is 21.1 Å². The fraction of sp³-hybridized carbons (Fsp3) is 0.429. The number of nitrogens with one attached hydrogen (secondary N) is 1. The van der Waals surface area contributed by atoms with E-state index in [0.29, 0.717) is 24.4 Å². The molecule has 4 N–H and O–H groups in total. The average molecular weight is 436 g/mol. The van der Waals surface area contributed by atoms with Crippen LogP contribution in [0.1, 0.15) is 37.4 Å². The fourth-order valence-electron chi connectivity index (χ4n) is 4.34. The lowest BCUT2D eigenvalue weighted by Crippen LogP contribution is -2.47. The summed E-state index contributed by atoms with van der Waals surface area (Å²) in [4.78, 5) is 23.1. The predicted octanol–water partition coefficient (Wildman–Crippen LogP) is 2.59. The summed E-state index contributed by atoms with van der Waals surface area (Å²) in [7, 11) is 0. The van der Waals surface area contributed by atoms with Crippen molar-refractivity contribution in [3.05, 3.63) is 58.0 Å². The van der Waals surface area contributed by atoms with Crippen molar-refractivity contribution in [3.8, 4) is 0 Å². The first-order valence-electron chi connectivity index (χ1n) is 9.77. The number of allylic oxidation sites excluding steroid dienone is 1. The van der Waals surface area contributed by atoms with Crippen molar-refractivity contribution in [1.82, 2.24) is 5.32 Å². The molecule has 0 radical (unpaired) electrons. The SMILES string of the molecule is O=C(O)C1(C(=O)O)OC2=CCC3C(=C2O1)CCCC3NC[C@@H](O)c1cccc(Cl)c1. The van der Waals surface area contributed by atoms with E-state index in [-0.39, 0.29) is 23.5 Å². The number of ether oxygens (including phenoxy) is 2. The summed E-state index contributed by atoms with van der Waals surface area (Å²) in [5.74, 6) is -5.75. The minimum atomic E-state index is -2.74. The third-order valence-electron chi connectivity index (χ3n) is 5.84. The molecule has 1 aromatic carbocycles. The molecule has 0 amide bonds. The Hall–Kier alpha value is -2.55. The summed E-state index contributed by atoms with van der Waals surface area (Å²) in [6.07, 6.45) is 3.89. The van der Waals surface area contributed by atoms with Crippen LogP contribution in [-0.4, -0.2) is 45.6 Å². The van der Waals surface area contributed by atoms with Crippen LogP contribution >= 0.6 is 11.6 Å². The first-order valence-corrected chi connectivity index (χ1v) is 10.1. The highest BCUT2D eigenvalue weighted by Gasteiger charge is 2.60. The summed E-state index contributed by atoms with van der Waals surface area (Å²) in [6, 6.07) is 7.09. The first kappa shape index (κ1) is 20.7. The zero-order valence-corrected chi connectivity index (χ0v) is 16.8. The molecule has 0 bridgehead atoms. The van der Waals surface area contributed by atoms with E-state index in [0.717, 1.165) is 24.0 Å². The molecular formula is C21H22ClNO7. The molecule has 1 saturated carbocycles. The molecule has 2 unspecified atom stereocenters. The normalized spacial score (nSPS) is 25.3. The molecule has 8 nitrogen and oxygen atoms in total. The van der Waals surface area contributed by atoms with Crippen LogP contribution in [0, 0.1) is 5.92 Å². The maximum atomic E-state index is 11.5. The number of aliphatic carboxylic acids is 2. The van der Waals surface area contributed by atoms with Gasteiger partial charge in [-0.1, -0.05) is 23.7 Å². The predicted molar refractivity (Wildman–Crippen MR) is 105 cm³/mol. The lowest BCUT2D eigenvalue weighted by Gasteiger charge is -2.36. The average Bonchev–Trinajstić information content (AvgIpc) is 3.14. The largest absolute Gasteiger partial charge is 0.475 e. The molecule has 9 heteroatoms. The number of hydrogen-bond donors (Lipinski definition) is 4. The van der Waals surface area contributed by atoms with Gasteiger partial charge in [0.05, 0.1) is 6.10 Å². The topological polar surface area (TPSA) is 125 Å². The van der Waals surface area contributed by atoms with Gasteiger partial charge in [0.2, 0.25) is 0 Å². The highest BCUT2D eigenvalue weighted by Crippen LogP contribution is 2.46. The molecule has 1 aromatic rings. The highest BCUT2D eigenvalue weighted by atomic mass is 35.5. The Kier molecular flexibility index (Phi) is 5.48. The maximum absolute atomic E-state index is 11.5. The van der Waals surface area contributed by atoms with Crippen molar-refractivity contribution >= 4 is 23.5 Å². The van der Waals surface area contributed by atoms with Gasteiger partial charge in [-0.3, -0.25) is 0 Å². The Morgan fingerprint density at radius 3 is 2.73 bits per heavy atom.